The molecule has 1 heterocycles. The van der Waals surface area contributed by atoms with Gasteiger partial charge in [-0.2, -0.15) is 0 Å². The van der Waals surface area contributed by atoms with Gasteiger partial charge in [0, 0.05) is 42.8 Å². The smallest absolute Gasteiger partial charge is 0.410 e. The Hall–Kier alpha value is -1.74. The Morgan fingerprint density at radius 2 is 2.08 bits per heavy atom. The minimum Gasteiger partial charge on any atom is -0.444 e. The van der Waals surface area contributed by atoms with Gasteiger partial charge in [0.05, 0.1) is 10.5 Å². The molecule has 0 N–H and O–H groups in total. The third-order valence-electron chi connectivity index (χ3n) is 4.11. The van der Waals surface area contributed by atoms with Gasteiger partial charge in [0.2, 0.25) is 0 Å². The maximum atomic E-state index is 14.3. The van der Waals surface area contributed by atoms with Crippen LogP contribution in [0.1, 0.15) is 33.3 Å². The van der Waals surface area contributed by atoms with Crippen LogP contribution < -0.4 is 0 Å². The van der Waals surface area contributed by atoms with E-state index in [-0.39, 0.29) is 29.9 Å². The number of nitro groups is 1. The van der Waals surface area contributed by atoms with E-state index in [0.29, 0.717) is 24.1 Å². The number of hydrogen-bond acceptors (Lipinski definition) is 5. The molecule has 0 aliphatic carbocycles. The molecule has 1 aromatic rings. The van der Waals surface area contributed by atoms with Crippen LogP contribution in [0, 0.1) is 15.9 Å². The fourth-order valence-corrected chi connectivity index (χ4v) is 3.25. The van der Waals surface area contributed by atoms with Gasteiger partial charge in [-0.15, -0.1) is 0 Å². The number of amides is 1. The number of carbonyl (C=O) groups excluding carboxylic acids is 1. The molecular weight excluding hydrogens is 409 g/mol. The van der Waals surface area contributed by atoms with Crippen molar-refractivity contribution in [3.05, 3.63) is 38.1 Å². The molecule has 9 heteroatoms. The number of carbonyl (C=O) groups is 1. The minimum atomic E-state index is -0.618. The van der Waals surface area contributed by atoms with Crippen molar-refractivity contribution in [2.45, 2.75) is 45.9 Å². The summed E-state index contributed by atoms with van der Waals surface area (Å²) in [6.45, 7) is 8.75. The number of piperazine rings is 1. The van der Waals surface area contributed by atoms with Gasteiger partial charge in [-0.05, 0) is 33.8 Å². The first-order chi connectivity index (χ1) is 12.0. The number of rotatable bonds is 3. The maximum Gasteiger partial charge on any atom is 0.410 e. The number of benzene rings is 1. The van der Waals surface area contributed by atoms with Crippen LogP contribution in [-0.2, 0) is 11.3 Å². The van der Waals surface area contributed by atoms with E-state index in [1.165, 1.54) is 12.1 Å². The third-order valence-corrected chi connectivity index (χ3v) is 4.57. The van der Waals surface area contributed by atoms with Crippen LogP contribution in [-0.4, -0.2) is 52.1 Å². The second kappa shape index (κ2) is 7.87. The highest BCUT2D eigenvalue weighted by Gasteiger charge is 2.31. The quantitative estimate of drug-likeness (QED) is 0.534. The van der Waals surface area contributed by atoms with Gasteiger partial charge < -0.3 is 9.64 Å². The zero-order valence-corrected chi connectivity index (χ0v) is 16.9. The highest BCUT2D eigenvalue weighted by atomic mass is 79.9. The molecule has 2 rings (SSSR count). The predicted octanol–water partition coefficient (Wildman–Crippen LogP) is 3.94. The highest BCUT2D eigenvalue weighted by molar-refractivity contribution is 9.10. The summed E-state index contributed by atoms with van der Waals surface area (Å²) >= 11 is 3.08. The van der Waals surface area contributed by atoms with Crippen molar-refractivity contribution in [2.24, 2.45) is 0 Å². The number of nitro benzene ring substituents is 1. The Balaban J connectivity index is 2.10. The molecule has 0 aromatic heterocycles. The first kappa shape index (κ1) is 20.6. The average Bonchev–Trinajstić information content (AvgIpc) is 2.49. The maximum absolute atomic E-state index is 14.3. The Morgan fingerprint density at radius 1 is 1.42 bits per heavy atom. The van der Waals surface area contributed by atoms with Gasteiger partial charge in [-0.1, -0.05) is 15.9 Å². The van der Waals surface area contributed by atoms with E-state index in [0.717, 1.165) is 0 Å². The molecule has 0 radical (unpaired) electrons. The van der Waals surface area contributed by atoms with Gasteiger partial charge in [0.1, 0.15) is 11.4 Å². The van der Waals surface area contributed by atoms with Crippen molar-refractivity contribution in [1.29, 1.82) is 0 Å². The second-order valence-electron chi connectivity index (χ2n) is 7.39. The molecule has 0 spiro atoms. The Labute approximate surface area is 160 Å². The molecule has 1 fully saturated rings. The summed E-state index contributed by atoms with van der Waals surface area (Å²) in [6, 6.07) is 2.45. The van der Waals surface area contributed by atoms with E-state index >= 15 is 0 Å². The highest BCUT2D eigenvalue weighted by Crippen LogP contribution is 2.29. The van der Waals surface area contributed by atoms with E-state index in [9.17, 15) is 19.3 Å². The molecule has 0 bridgehead atoms. The first-order valence-corrected chi connectivity index (χ1v) is 9.11. The van der Waals surface area contributed by atoms with Crippen LogP contribution in [0.25, 0.3) is 0 Å². The van der Waals surface area contributed by atoms with Crippen molar-refractivity contribution in [2.75, 3.05) is 19.6 Å². The number of hydrogen-bond donors (Lipinski definition) is 0. The van der Waals surface area contributed by atoms with E-state index in [4.69, 9.17) is 4.74 Å². The standard InChI is InChI=1S/C17H23BrFN3O4/c1-11-9-21(16(23)26-17(2,3)4)6-5-20(11)10-13-14(19)7-12(18)8-15(13)22(24)25/h7-8,11H,5-6,9-10H2,1-4H3. The van der Waals surface area contributed by atoms with E-state index in [1.54, 1.807) is 25.7 Å². The monoisotopic (exact) mass is 431 g/mol. The lowest BCUT2D eigenvalue weighted by molar-refractivity contribution is -0.386. The van der Waals surface area contributed by atoms with E-state index in [1.807, 2.05) is 11.8 Å². The number of nitrogens with zero attached hydrogens (tertiary/aromatic N) is 3. The Bertz CT molecular complexity index is 708. The number of ether oxygens (including phenoxy) is 1. The predicted molar refractivity (Wildman–Crippen MR) is 98.4 cm³/mol. The largest absolute Gasteiger partial charge is 0.444 e. The van der Waals surface area contributed by atoms with Crippen LogP contribution in [0.2, 0.25) is 0 Å². The lowest BCUT2D eigenvalue weighted by Crippen LogP contribution is -2.54. The average molecular weight is 432 g/mol. The van der Waals surface area contributed by atoms with Crippen molar-refractivity contribution in [1.82, 2.24) is 9.80 Å². The summed E-state index contributed by atoms with van der Waals surface area (Å²) in [4.78, 5) is 26.4. The topological polar surface area (TPSA) is 75.9 Å². The van der Waals surface area contributed by atoms with Crippen LogP contribution in [0.5, 0.6) is 0 Å². The zero-order chi connectivity index (χ0) is 19.6. The molecule has 1 aliphatic heterocycles. The molecule has 0 saturated carbocycles. The molecule has 144 valence electrons. The minimum absolute atomic E-state index is 0.0516. The van der Waals surface area contributed by atoms with Crippen LogP contribution in [0.3, 0.4) is 0 Å². The molecule has 1 amide bonds. The summed E-state index contributed by atoms with van der Waals surface area (Å²) < 4.78 is 20.0. The van der Waals surface area contributed by atoms with Crippen LogP contribution in [0.4, 0.5) is 14.9 Å². The second-order valence-corrected chi connectivity index (χ2v) is 8.30. The van der Waals surface area contributed by atoms with Crippen molar-refractivity contribution in [3.8, 4) is 0 Å². The fraction of sp³-hybridized carbons (Fsp3) is 0.588. The molecule has 7 nitrogen and oxygen atoms in total. The molecule has 1 unspecified atom stereocenters. The van der Waals surface area contributed by atoms with Gasteiger partial charge in [-0.25, -0.2) is 9.18 Å². The summed E-state index contributed by atoms with van der Waals surface area (Å²) in [6.07, 6.45) is -0.384. The summed E-state index contributed by atoms with van der Waals surface area (Å²) in [7, 11) is 0. The van der Waals surface area contributed by atoms with Crippen molar-refractivity contribution >= 4 is 27.7 Å². The molecule has 1 aliphatic rings. The first-order valence-electron chi connectivity index (χ1n) is 8.32. The van der Waals surface area contributed by atoms with Crippen molar-refractivity contribution < 1.29 is 18.8 Å². The summed E-state index contributed by atoms with van der Waals surface area (Å²) in [5, 5.41) is 11.3. The molecular formula is C17H23BrFN3O4. The number of halogens is 2. The Morgan fingerprint density at radius 3 is 2.62 bits per heavy atom. The Kier molecular flexibility index (Phi) is 6.23. The SMILES string of the molecule is CC1CN(C(=O)OC(C)(C)C)CCN1Cc1c(F)cc(Br)cc1[N+](=O)[O-]. The normalized spacial score (nSPS) is 18.7. The van der Waals surface area contributed by atoms with Crippen molar-refractivity contribution in [3.63, 3.8) is 0 Å². The lowest BCUT2D eigenvalue weighted by Gasteiger charge is -2.40. The van der Waals surface area contributed by atoms with Crippen LogP contribution >= 0.6 is 15.9 Å². The van der Waals surface area contributed by atoms with Gasteiger partial charge in [-0.3, -0.25) is 15.0 Å². The van der Waals surface area contributed by atoms with Gasteiger partial charge in [0.15, 0.2) is 0 Å². The molecule has 1 atom stereocenters. The molecule has 26 heavy (non-hydrogen) atoms. The van der Waals surface area contributed by atoms with Crippen LogP contribution in [0.15, 0.2) is 16.6 Å². The van der Waals surface area contributed by atoms with Gasteiger partial charge >= 0.3 is 6.09 Å². The fourth-order valence-electron chi connectivity index (χ4n) is 2.83. The van der Waals surface area contributed by atoms with E-state index < -0.39 is 16.3 Å². The summed E-state index contributed by atoms with van der Waals surface area (Å²) in [5.74, 6) is -0.618. The third kappa shape index (κ3) is 5.14. The van der Waals surface area contributed by atoms with E-state index in [2.05, 4.69) is 15.9 Å². The molecule has 1 saturated heterocycles. The molecule has 1 aromatic carbocycles. The van der Waals surface area contributed by atoms with Gasteiger partial charge in [0.25, 0.3) is 5.69 Å². The zero-order valence-electron chi connectivity index (χ0n) is 15.3. The lowest BCUT2D eigenvalue weighted by atomic mass is 10.1. The summed E-state index contributed by atoms with van der Waals surface area (Å²) in [5.41, 5.74) is -0.770.